The zero-order chi connectivity index (χ0) is 17.6. The highest BCUT2D eigenvalue weighted by atomic mass is 32.1. The van der Waals surface area contributed by atoms with Gasteiger partial charge in [0.15, 0.2) is 0 Å². The Morgan fingerprint density at radius 2 is 2.08 bits per heavy atom. The van der Waals surface area contributed by atoms with Crippen molar-refractivity contribution >= 4 is 40.2 Å². The van der Waals surface area contributed by atoms with Gasteiger partial charge in [0.2, 0.25) is 5.91 Å². The summed E-state index contributed by atoms with van der Waals surface area (Å²) < 4.78 is 0. The summed E-state index contributed by atoms with van der Waals surface area (Å²) in [5, 5.41) is 15.7. The molecule has 124 valence electrons. The monoisotopic (exact) mass is 345 g/mol. The third-order valence-electron chi connectivity index (χ3n) is 4.18. The quantitative estimate of drug-likeness (QED) is 0.683. The molecule has 2 aromatic rings. The molecule has 0 aliphatic carbocycles. The summed E-state index contributed by atoms with van der Waals surface area (Å²) in [4.78, 5) is 37.3. The zero-order valence-corrected chi connectivity index (χ0v) is 14.1. The Balaban J connectivity index is 2.10. The SMILES string of the molecule is CN1C(=O)C(C)(C)c2cc(NC(=O)c3cccs3)c([N+](=O)[O-])cc21. The lowest BCUT2D eigenvalue weighted by Gasteiger charge is -2.16. The number of nitrogens with one attached hydrogen (secondary N) is 1. The van der Waals surface area contributed by atoms with Gasteiger partial charge in [-0.05, 0) is 36.9 Å². The van der Waals surface area contributed by atoms with Gasteiger partial charge in [-0.3, -0.25) is 19.7 Å². The van der Waals surface area contributed by atoms with Crippen LogP contribution in [0.25, 0.3) is 0 Å². The van der Waals surface area contributed by atoms with E-state index in [-0.39, 0.29) is 17.3 Å². The van der Waals surface area contributed by atoms with Gasteiger partial charge in [0.05, 0.1) is 20.9 Å². The summed E-state index contributed by atoms with van der Waals surface area (Å²) in [7, 11) is 1.59. The van der Waals surface area contributed by atoms with Crippen LogP contribution in [0.5, 0.6) is 0 Å². The Labute approximate surface area is 142 Å². The Hall–Kier alpha value is -2.74. The summed E-state index contributed by atoms with van der Waals surface area (Å²) in [6, 6.07) is 6.24. The summed E-state index contributed by atoms with van der Waals surface area (Å²) in [5.41, 5.74) is 0.193. The Morgan fingerprint density at radius 3 is 2.67 bits per heavy atom. The van der Waals surface area contributed by atoms with E-state index in [1.165, 1.54) is 28.4 Å². The predicted molar refractivity (Wildman–Crippen MR) is 91.8 cm³/mol. The number of nitro groups is 1. The lowest BCUT2D eigenvalue weighted by molar-refractivity contribution is -0.383. The molecule has 0 saturated carbocycles. The van der Waals surface area contributed by atoms with Crippen LogP contribution in [0.2, 0.25) is 0 Å². The van der Waals surface area contributed by atoms with Gasteiger partial charge in [-0.15, -0.1) is 11.3 Å². The topological polar surface area (TPSA) is 92.6 Å². The molecule has 2 amide bonds. The molecule has 24 heavy (non-hydrogen) atoms. The fraction of sp³-hybridized carbons (Fsp3) is 0.250. The summed E-state index contributed by atoms with van der Waals surface area (Å²) in [5.74, 6) is -0.558. The Morgan fingerprint density at radius 1 is 1.38 bits per heavy atom. The van der Waals surface area contributed by atoms with Crippen molar-refractivity contribution in [2.24, 2.45) is 0 Å². The van der Waals surface area contributed by atoms with E-state index in [1.54, 1.807) is 38.4 Å². The van der Waals surface area contributed by atoms with Crippen LogP contribution in [-0.4, -0.2) is 23.8 Å². The highest BCUT2D eigenvalue weighted by Gasteiger charge is 2.43. The van der Waals surface area contributed by atoms with Gasteiger partial charge in [0, 0.05) is 13.1 Å². The minimum absolute atomic E-state index is 0.0910. The van der Waals surface area contributed by atoms with Crippen LogP contribution in [0.1, 0.15) is 29.1 Å². The van der Waals surface area contributed by atoms with Gasteiger partial charge in [-0.25, -0.2) is 0 Å². The second kappa shape index (κ2) is 5.41. The van der Waals surface area contributed by atoms with E-state index < -0.39 is 16.2 Å². The summed E-state index contributed by atoms with van der Waals surface area (Å²) in [6.45, 7) is 3.52. The molecule has 1 aromatic heterocycles. The molecule has 7 nitrogen and oxygen atoms in total. The minimum Gasteiger partial charge on any atom is -0.316 e. The van der Waals surface area contributed by atoms with Crippen LogP contribution in [0.15, 0.2) is 29.6 Å². The van der Waals surface area contributed by atoms with E-state index >= 15 is 0 Å². The van der Waals surface area contributed by atoms with Gasteiger partial charge < -0.3 is 10.2 Å². The highest BCUT2D eigenvalue weighted by molar-refractivity contribution is 7.12. The van der Waals surface area contributed by atoms with Crippen LogP contribution in [-0.2, 0) is 10.2 Å². The van der Waals surface area contributed by atoms with Gasteiger partial charge >= 0.3 is 0 Å². The average molecular weight is 345 g/mol. The number of thiophene rings is 1. The molecule has 0 radical (unpaired) electrons. The third-order valence-corrected chi connectivity index (χ3v) is 5.05. The molecule has 2 heterocycles. The van der Waals surface area contributed by atoms with Crippen molar-refractivity contribution in [1.29, 1.82) is 0 Å². The number of hydrogen-bond acceptors (Lipinski definition) is 5. The maximum absolute atomic E-state index is 12.4. The lowest BCUT2D eigenvalue weighted by atomic mass is 9.86. The first-order valence-electron chi connectivity index (χ1n) is 7.19. The number of anilines is 2. The van der Waals surface area contributed by atoms with Crippen LogP contribution in [0, 0.1) is 10.1 Å². The number of amides is 2. The van der Waals surface area contributed by atoms with Crippen molar-refractivity contribution in [3.05, 3.63) is 50.2 Å². The molecule has 1 aromatic carbocycles. The van der Waals surface area contributed by atoms with Gasteiger partial charge in [-0.2, -0.15) is 0 Å². The number of likely N-dealkylation sites (N-methyl/N-ethyl adjacent to an activating group) is 1. The average Bonchev–Trinajstić information content (AvgIpc) is 3.11. The Kier molecular flexibility index (Phi) is 3.64. The molecule has 0 bridgehead atoms. The molecule has 0 spiro atoms. The standard InChI is InChI=1S/C16H15N3O4S/c1-16(2)9-7-10(17-14(20)13-5-4-6-24-13)12(19(22)23)8-11(9)18(3)15(16)21/h4-8H,1-3H3,(H,17,20). The number of benzene rings is 1. The molecule has 0 saturated heterocycles. The first kappa shape index (κ1) is 16.1. The largest absolute Gasteiger partial charge is 0.316 e. The third kappa shape index (κ3) is 2.35. The van der Waals surface area contributed by atoms with E-state index in [1.807, 2.05) is 0 Å². The fourth-order valence-corrected chi connectivity index (χ4v) is 3.46. The number of fused-ring (bicyclic) bond motifs is 1. The number of nitrogens with zero attached hydrogens (tertiary/aromatic N) is 2. The molecule has 0 atom stereocenters. The molecule has 8 heteroatoms. The molecule has 3 rings (SSSR count). The molecule has 1 aliphatic rings. The lowest BCUT2D eigenvalue weighted by Crippen LogP contribution is -2.33. The van der Waals surface area contributed by atoms with E-state index in [0.717, 1.165) is 0 Å². The van der Waals surface area contributed by atoms with E-state index in [2.05, 4.69) is 5.32 Å². The first-order chi connectivity index (χ1) is 11.2. The van der Waals surface area contributed by atoms with Gasteiger partial charge in [0.25, 0.3) is 11.6 Å². The van der Waals surface area contributed by atoms with Crippen LogP contribution >= 0.6 is 11.3 Å². The molecule has 1 aliphatic heterocycles. The summed E-state index contributed by atoms with van der Waals surface area (Å²) in [6.07, 6.45) is 0. The van der Waals surface area contributed by atoms with Crippen molar-refractivity contribution in [2.45, 2.75) is 19.3 Å². The van der Waals surface area contributed by atoms with Crippen molar-refractivity contribution in [1.82, 2.24) is 0 Å². The smallest absolute Gasteiger partial charge is 0.294 e. The highest BCUT2D eigenvalue weighted by Crippen LogP contribution is 2.45. The minimum atomic E-state index is -0.804. The van der Waals surface area contributed by atoms with Crippen molar-refractivity contribution in [3.63, 3.8) is 0 Å². The van der Waals surface area contributed by atoms with Gasteiger partial charge in [-0.1, -0.05) is 6.07 Å². The van der Waals surface area contributed by atoms with Crippen molar-refractivity contribution in [2.75, 3.05) is 17.3 Å². The van der Waals surface area contributed by atoms with E-state index in [4.69, 9.17) is 0 Å². The molecule has 1 N–H and O–H groups in total. The molecule has 0 unspecified atom stereocenters. The van der Waals surface area contributed by atoms with Crippen molar-refractivity contribution < 1.29 is 14.5 Å². The van der Waals surface area contributed by atoms with Gasteiger partial charge in [0.1, 0.15) is 5.69 Å². The number of hydrogen-bond donors (Lipinski definition) is 1. The van der Waals surface area contributed by atoms with Crippen molar-refractivity contribution in [3.8, 4) is 0 Å². The molecule has 0 fully saturated rings. The number of carbonyl (C=O) groups excluding carboxylic acids is 2. The number of carbonyl (C=O) groups is 2. The maximum atomic E-state index is 12.4. The van der Waals surface area contributed by atoms with E-state index in [0.29, 0.717) is 16.1 Å². The molecular formula is C16H15N3O4S. The number of nitro benzene ring substituents is 1. The van der Waals surface area contributed by atoms with E-state index in [9.17, 15) is 19.7 Å². The van der Waals surface area contributed by atoms with Crippen LogP contribution in [0.3, 0.4) is 0 Å². The molecular weight excluding hydrogens is 330 g/mol. The van der Waals surface area contributed by atoms with Crippen LogP contribution < -0.4 is 10.2 Å². The Bertz CT molecular complexity index is 858. The second-order valence-electron chi connectivity index (χ2n) is 6.06. The zero-order valence-electron chi connectivity index (χ0n) is 13.3. The fourth-order valence-electron chi connectivity index (χ4n) is 2.84. The normalized spacial score (nSPS) is 15.3. The maximum Gasteiger partial charge on any atom is 0.294 e. The predicted octanol–water partition coefficient (Wildman–Crippen LogP) is 3.16. The first-order valence-corrected chi connectivity index (χ1v) is 8.07. The second-order valence-corrected chi connectivity index (χ2v) is 7.01. The number of rotatable bonds is 3. The van der Waals surface area contributed by atoms with Crippen LogP contribution in [0.4, 0.5) is 17.1 Å². The summed E-state index contributed by atoms with van der Waals surface area (Å²) >= 11 is 1.25.